The van der Waals surface area contributed by atoms with Crippen molar-refractivity contribution in [3.8, 4) is 5.75 Å². The van der Waals surface area contributed by atoms with E-state index in [1.807, 2.05) is 0 Å². The molecular weight excluding hydrogens is 377 g/mol. The van der Waals surface area contributed by atoms with Crippen molar-refractivity contribution < 1.29 is 19.1 Å². The first-order valence-corrected chi connectivity index (χ1v) is 8.49. The Bertz CT molecular complexity index is 832. The summed E-state index contributed by atoms with van der Waals surface area (Å²) >= 11 is 12.0. The Hall–Kier alpha value is -2.50. The predicted octanol–water partition coefficient (Wildman–Crippen LogP) is 4.83. The number of hydrogen-bond donors (Lipinski definition) is 1. The van der Waals surface area contributed by atoms with Crippen LogP contribution in [0.3, 0.4) is 0 Å². The molecule has 2 aromatic carbocycles. The van der Waals surface area contributed by atoms with Crippen molar-refractivity contribution in [2.75, 3.05) is 19.0 Å². The third-order valence-corrected chi connectivity index (χ3v) is 3.90. The molecule has 26 heavy (non-hydrogen) atoms. The molecule has 0 fully saturated rings. The maximum Gasteiger partial charge on any atom is 0.341 e. The molecule has 7 heteroatoms. The summed E-state index contributed by atoms with van der Waals surface area (Å²) in [6, 6.07) is 9.91. The van der Waals surface area contributed by atoms with Gasteiger partial charge in [0, 0.05) is 17.2 Å². The van der Waals surface area contributed by atoms with E-state index in [1.165, 1.54) is 25.3 Å². The molecular formula is C19H17Cl2NO4. The Kier molecular flexibility index (Phi) is 7.06. The van der Waals surface area contributed by atoms with Crippen LogP contribution in [0.25, 0.3) is 6.08 Å². The highest BCUT2D eigenvalue weighted by Gasteiger charge is 2.17. The molecule has 1 amide bonds. The maximum atomic E-state index is 12.1. The number of rotatable bonds is 6. The van der Waals surface area contributed by atoms with Crippen LogP contribution in [-0.4, -0.2) is 25.6 Å². The highest BCUT2D eigenvalue weighted by molar-refractivity contribution is 6.34. The van der Waals surface area contributed by atoms with Gasteiger partial charge in [-0.3, -0.25) is 4.79 Å². The van der Waals surface area contributed by atoms with Crippen LogP contribution >= 0.6 is 23.2 Å². The number of esters is 1. The molecule has 0 aliphatic rings. The monoisotopic (exact) mass is 393 g/mol. The first kappa shape index (κ1) is 19.8. The molecule has 2 aromatic rings. The number of carbonyl (C=O) groups is 2. The predicted molar refractivity (Wildman–Crippen MR) is 103 cm³/mol. The lowest BCUT2D eigenvalue weighted by molar-refractivity contribution is -0.111. The molecule has 0 aromatic heterocycles. The second kappa shape index (κ2) is 9.27. The minimum atomic E-state index is -0.549. The van der Waals surface area contributed by atoms with Gasteiger partial charge < -0.3 is 14.8 Å². The number of ether oxygens (including phenoxy) is 2. The average Bonchev–Trinajstić information content (AvgIpc) is 2.62. The molecule has 2 rings (SSSR count). The summed E-state index contributed by atoms with van der Waals surface area (Å²) in [4.78, 5) is 24.0. The van der Waals surface area contributed by atoms with Crippen molar-refractivity contribution in [2.45, 2.75) is 6.92 Å². The van der Waals surface area contributed by atoms with Crippen LogP contribution in [0.1, 0.15) is 22.8 Å². The Balaban J connectivity index is 2.16. The van der Waals surface area contributed by atoms with Gasteiger partial charge in [-0.25, -0.2) is 4.79 Å². The molecule has 0 bridgehead atoms. The van der Waals surface area contributed by atoms with Crippen molar-refractivity contribution in [3.63, 3.8) is 0 Å². The molecule has 0 saturated heterocycles. The van der Waals surface area contributed by atoms with Gasteiger partial charge in [0.2, 0.25) is 5.91 Å². The standard InChI is InChI=1S/C19H17Cl2NO4/c1-3-26-19(24)14-10-15(21)16(11-17(14)25-2)22-18(23)9-6-12-4-7-13(20)8-5-12/h4-11H,3H2,1-2H3,(H,22,23)/b9-6+. The van der Waals surface area contributed by atoms with Crippen LogP contribution in [0.5, 0.6) is 5.75 Å². The van der Waals surface area contributed by atoms with Crippen LogP contribution in [0.2, 0.25) is 10.0 Å². The SMILES string of the molecule is CCOC(=O)c1cc(Cl)c(NC(=O)/C=C/c2ccc(Cl)cc2)cc1OC. The number of carbonyl (C=O) groups excluding carboxylic acids is 2. The molecule has 136 valence electrons. The summed E-state index contributed by atoms with van der Waals surface area (Å²) in [6.07, 6.45) is 3.01. The molecule has 0 aliphatic carbocycles. The van der Waals surface area contributed by atoms with E-state index in [-0.39, 0.29) is 28.8 Å². The largest absolute Gasteiger partial charge is 0.496 e. The fraction of sp³-hybridized carbons (Fsp3) is 0.158. The van der Waals surface area contributed by atoms with Gasteiger partial charge in [-0.15, -0.1) is 0 Å². The maximum absolute atomic E-state index is 12.1. The van der Waals surface area contributed by atoms with Crippen LogP contribution in [-0.2, 0) is 9.53 Å². The summed E-state index contributed by atoms with van der Waals surface area (Å²) in [5.41, 5.74) is 1.34. The van der Waals surface area contributed by atoms with Crippen molar-refractivity contribution in [2.24, 2.45) is 0 Å². The number of anilines is 1. The normalized spacial score (nSPS) is 10.6. The van der Waals surface area contributed by atoms with Crippen molar-refractivity contribution in [1.82, 2.24) is 0 Å². The summed E-state index contributed by atoms with van der Waals surface area (Å²) in [5.74, 6) is -0.677. The molecule has 0 saturated carbocycles. The second-order valence-electron chi connectivity index (χ2n) is 5.13. The topological polar surface area (TPSA) is 64.6 Å². The average molecular weight is 394 g/mol. The lowest BCUT2D eigenvalue weighted by atomic mass is 10.1. The van der Waals surface area contributed by atoms with E-state index in [0.717, 1.165) is 5.56 Å². The van der Waals surface area contributed by atoms with Gasteiger partial charge in [0.15, 0.2) is 0 Å². The Morgan fingerprint density at radius 3 is 2.46 bits per heavy atom. The Labute approximate surface area is 161 Å². The fourth-order valence-corrected chi connectivity index (χ4v) is 2.44. The van der Waals surface area contributed by atoms with Crippen molar-refractivity contribution in [3.05, 3.63) is 63.6 Å². The first-order valence-electron chi connectivity index (χ1n) is 7.74. The Morgan fingerprint density at radius 1 is 1.15 bits per heavy atom. The molecule has 0 spiro atoms. The van der Waals surface area contributed by atoms with Gasteiger partial charge in [0.1, 0.15) is 11.3 Å². The minimum Gasteiger partial charge on any atom is -0.496 e. The summed E-state index contributed by atoms with van der Waals surface area (Å²) in [5, 5.41) is 3.46. The number of methoxy groups -OCH3 is 1. The summed E-state index contributed by atoms with van der Waals surface area (Å²) in [7, 11) is 1.41. The van der Waals surface area contributed by atoms with Crippen molar-refractivity contribution in [1.29, 1.82) is 0 Å². The zero-order valence-corrected chi connectivity index (χ0v) is 15.7. The highest BCUT2D eigenvalue weighted by atomic mass is 35.5. The van der Waals surface area contributed by atoms with Crippen LogP contribution in [0.15, 0.2) is 42.5 Å². The molecule has 0 heterocycles. The Morgan fingerprint density at radius 2 is 1.85 bits per heavy atom. The second-order valence-corrected chi connectivity index (χ2v) is 5.97. The molecule has 5 nitrogen and oxygen atoms in total. The summed E-state index contributed by atoms with van der Waals surface area (Å²) in [6.45, 7) is 1.93. The molecule has 0 atom stereocenters. The van der Waals surface area contributed by atoms with Gasteiger partial charge >= 0.3 is 5.97 Å². The number of amides is 1. The van der Waals surface area contributed by atoms with Gasteiger partial charge in [-0.1, -0.05) is 35.3 Å². The van der Waals surface area contributed by atoms with E-state index in [2.05, 4.69) is 5.32 Å². The van der Waals surface area contributed by atoms with Gasteiger partial charge in [-0.2, -0.15) is 0 Å². The zero-order valence-electron chi connectivity index (χ0n) is 14.2. The van der Waals surface area contributed by atoms with E-state index >= 15 is 0 Å². The van der Waals surface area contributed by atoms with E-state index in [4.69, 9.17) is 32.7 Å². The first-order chi connectivity index (χ1) is 12.4. The molecule has 0 unspecified atom stereocenters. The van der Waals surface area contributed by atoms with Crippen LogP contribution in [0.4, 0.5) is 5.69 Å². The minimum absolute atomic E-state index is 0.189. The van der Waals surface area contributed by atoms with Gasteiger partial charge in [0.05, 0.1) is 24.4 Å². The van der Waals surface area contributed by atoms with Crippen LogP contribution < -0.4 is 10.1 Å². The third kappa shape index (κ3) is 5.25. The fourth-order valence-electron chi connectivity index (χ4n) is 2.11. The number of hydrogen-bond acceptors (Lipinski definition) is 4. The van der Waals surface area contributed by atoms with Crippen molar-refractivity contribution >= 4 is 46.8 Å². The highest BCUT2D eigenvalue weighted by Crippen LogP contribution is 2.31. The quantitative estimate of drug-likeness (QED) is 0.563. The van der Waals surface area contributed by atoms with E-state index < -0.39 is 5.97 Å². The van der Waals surface area contributed by atoms with E-state index in [0.29, 0.717) is 10.7 Å². The van der Waals surface area contributed by atoms with Gasteiger partial charge in [0.25, 0.3) is 0 Å². The molecule has 1 N–H and O–H groups in total. The smallest absolute Gasteiger partial charge is 0.341 e. The number of benzene rings is 2. The number of nitrogens with one attached hydrogen (secondary N) is 1. The van der Waals surface area contributed by atoms with Crippen LogP contribution in [0, 0.1) is 0 Å². The lowest BCUT2D eigenvalue weighted by Crippen LogP contribution is -2.11. The lowest BCUT2D eigenvalue weighted by Gasteiger charge is -2.12. The summed E-state index contributed by atoms with van der Waals surface area (Å²) < 4.78 is 10.1. The third-order valence-electron chi connectivity index (χ3n) is 3.34. The zero-order chi connectivity index (χ0) is 19.1. The van der Waals surface area contributed by atoms with E-state index in [1.54, 1.807) is 37.3 Å². The molecule has 0 radical (unpaired) electrons. The van der Waals surface area contributed by atoms with Gasteiger partial charge in [-0.05, 0) is 36.8 Å². The molecule has 0 aliphatic heterocycles. The number of halogens is 2. The van der Waals surface area contributed by atoms with E-state index in [9.17, 15) is 9.59 Å².